The number of nitrogens with zero attached hydrogens (tertiary/aromatic N) is 1. The van der Waals surface area contributed by atoms with E-state index in [1.165, 1.54) is 6.21 Å². The minimum Gasteiger partial charge on any atom is -0.490 e. The molecule has 3 aromatic rings. The second-order valence-corrected chi connectivity index (χ2v) is 6.93. The van der Waals surface area contributed by atoms with Gasteiger partial charge in [0.15, 0.2) is 11.5 Å². The Hall–Kier alpha value is -3.64. The molecule has 7 heteroatoms. The van der Waals surface area contributed by atoms with Crippen LogP contribution in [0.15, 0.2) is 77.9 Å². The fourth-order valence-corrected chi connectivity index (χ4v) is 2.83. The molecule has 0 bridgehead atoms. The third-order valence-corrected chi connectivity index (χ3v) is 4.41. The second kappa shape index (κ2) is 10.9. The average molecular weight is 437 g/mol. The van der Waals surface area contributed by atoms with E-state index in [1.807, 2.05) is 37.3 Å². The molecule has 158 valence electrons. The Labute approximate surface area is 185 Å². The van der Waals surface area contributed by atoms with E-state index in [2.05, 4.69) is 10.5 Å². The van der Waals surface area contributed by atoms with E-state index in [4.69, 9.17) is 21.1 Å². The highest BCUT2D eigenvalue weighted by atomic mass is 35.5. The lowest BCUT2D eigenvalue weighted by Gasteiger charge is -2.11. The first-order valence-electron chi connectivity index (χ1n) is 9.65. The van der Waals surface area contributed by atoms with Gasteiger partial charge in [-0.1, -0.05) is 41.9 Å². The van der Waals surface area contributed by atoms with Gasteiger partial charge in [-0.3, -0.25) is 4.79 Å². The molecule has 0 aliphatic heterocycles. The Morgan fingerprint density at radius 3 is 2.45 bits per heavy atom. The van der Waals surface area contributed by atoms with Gasteiger partial charge in [-0.15, -0.1) is 0 Å². The van der Waals surface area contributed by atoms with Crippen molar-refractivity contribution in [3.05, 3.63) is 94.5 Å². The zero-order valence-corrected chi connectivity index (χ0v) is 17.6. The van der Waals surface area contributed by atoms with E-state index < -0.39 is 5.97 Å². The molecule has 0 unspecified atom stereocenters. The van der Waals surface area contributed by atoms with Gasteiger partial charge in [-0.05, 0) is 60.5 Å². The minimum atomic E-state index is -0.521. The van der Waals surface area contributed by atoms with Crippen molar-refractivity contribution < 1.29 is 19.1 Å². The number of carbonyl (C=O) groups is 2. The number of hydrogen-bond donors (Lipinski definition) is 1. The molecule has 0 aliphatic carbocycles. The van der Waals surface area contributed by atoms with E-state index in [-0.39, 0.29) is 18.1 Å². The van der Waals surface area contributed by atoms with Crippen molar-refractivity contribution in [1.82, 2.24) is 5.43 Å². The molecule has 0 spiro atoms. The molecule has 1 N–H and O–H groups in total. The van der Waals surface area contributed by atoms with E-state index in [9.17, 15) is 9.59 Å². The van der Waals surface area contributed by atoms with Gasteiger partial charge in [0.2, 0.25) is 5.91 Å². The topological polar surface area (TPSA) is 77.0 Å². The highest BCUT2D eigenvalue weighted by molar-refractivity contribution is 6.30. The number of ether oxygens (including phenoxy) is 2. The molecule has 3 aromatic carbocycles. The zero-order chi connectivity index (χ0) is 22.1. The lowest BCUT2D eigenvalue weighted by molar-refractivity contribution is -0.120. The summed E-state index contributed by atoms with van der Waals surface area (Å²) in [5.41, 5.74) is 4.45. The maximum atomic E-state index is 12.4. The molecule has 1 amide bonds. The summed E-state index contributed by atoms with van der Waals surface area (Å²) >= 11 is 5.85. The molecule has 31 heavy (non-hydrogen) atoms. The first-order valence-corrected chi connectivity index (χ1v) is 10.0. The van der Waals surface area contributed by atoms with E-state index in [1.54, 1.807) is 42.5 Å². The number of nitrogens with one attached hydrogen (secondary N) is 1. The van der Waals surface area contributed by atoms with E-state index in [0.29, 0.717) is 28.5 Å². The van der Waals surface area contributed by atoms with Gasteiger partial charge in [0, 0.05) is 5.02 Å². The van der Waals surface area contributed by atoms with Crippen LogP contribution in [0.3, 0.4) is 0 Å². The molecule has 0 saturated heterocycles. The smallest absolute Gasteiger partial charge is 0.343 e. The summed E-state index contributed by atoms with van der Waals surface area (Å²) in [6.45, 7) is 2.22. The highest BCUT2D eigenvalue weighted by Gasteiger charge is 2.13. The fourth-order valence-electron chi connectivity index (χ4n) is 2.70. The van der Waals surface area contributed by atoms with Crippen molar-refractivity contribution in [2.75, 3.05) is 6.61 Å². The second-order valence-electron chi connectivity index (χ2n) is 6.49. The molecule has 6 nitrogen and oxygen atoms in total. The minimum absolute atomic E-state index is 0.221. The molecule has 0 fully saturated rings. The Kier molecular flexibility index (Phi) is 7.79. The third kappa shape index (κ3) is 6.69. The number of hydrazone groups is 1. The normalized spacial score (nSPS) is 10.6. The average Bonchev–Trinajstić information content (AvgIpc) is 2.77. The summed E-state index contributed by atoms with van der Waals surface area (Å²) in [4.78, 5) is 24.4. The number of amides is 1. The number of benzene rings is 3. The predicted molar refractivity (Wildman–Crippen MR) is 120 cm³/mol. The van der Waals surface area contributed by atoms with Crippen LogP contribution in [0.1, 0.15) is 28.4 Å². The number of halogens is 1. The quantitative estimate of drug-likeness (QED) is 0.241. The van der Waals surface area contributed by atoms with Crippen LogP contribution in [0.25, 0.3) is 0 Å². The Bertz CT molecular complexity index is 1070. The Morgan fingerprint density at radius 2 is 1.74 bits per heavy atom. The van der Waals surface area contributed by atoms with Crippen LogP contribution in [0.2, 0.25) is 5.02 Å². The fraction of sp³-hybridized carbons (Fsp3) is 0.125. The summed E-state index contributed by atoms with van der Waals surface area (Å²) < 4.78 is 11.1. The lowest BCUT2D eigenvalue weighted by atomic mass is 10.1. The zero-order valence-electron chi connectivity index (χ0n) is 16.9. The molecule has 3 rings (SSSR count). The Morgan fingerprint density at radius 1 is 1.00 bits per heavy atom. The maximum absolute atomic E-state index is 12.4. The van der Waals surface area contributed by atoms with E-state index in [0.717, 1.165) is 5.56 Å². The number of rotatable bonds is 8. The van der Waals surface area contributed by atoms with E-state index >= 15 is 0 Å². The summed E-state index contributed by atoms with van der Waals surface area (Å²) in [6.07, 6.45) is 1.73. The van der Waals surface area contributed by atoms with Gasteiger partial charge in [-0.2, -0.15) is 5.10 Å². The van der Waals surface area contributed by atoms with Crippen LogP contribution < -0.4 is 14.9 Å². The maximum Gasteiger partial charge on any atom is 0.343 e. The number of esters is 1. The molecule has 0 radical (unpaired) electrons. The molecular formula is C24H21ClN2O4. The van der Waals surface area contributed by atoms with Gasteiger partial charge in [0.05, 0.1) is 24.8 Å². The monoisotopic (exact) mass is 436 g/mol. The van der Waals surface area contributed by atoms with Gasteiger partial charge in [-0.25, -0.2) is 10.2 Å². The van der Waals surface area contributed by atoms with Crippen LogP contribution in [0.4, 0.5) is 0 Å². The van der Waals surface area contributed by atoms with Gasteiger partial charge < -0.3 is 9.47 Å². The largest absolute Gasteiger partial charge is 0.490 e. The van der Waals surface area contributed by atoms with Crippen LogP contribution in [0.5, 0.6) is 11.5 Å². The summed E-state index contributed by atoms with van der Waals surface area (Å²) in [5, 5.41) is 4.52. The SMILES string of the molecule is CCOc1cc(/C=N/NC(=O)Cc2ccccc2)ccc1OC(=O)c1ccc(Cl)cc1. The van der Waals surface area contributed by atoms with Crippen molar-refractivity contribution in [3.63, 3.8) is 0 Å². The van der Waals surface area contributed by atoms with Crippen molar-refractivity contribution >= 4 is 29.7 Å². The number of hydrogen-bond acceptors (Lipinski definition) is 5. The highest BCUT2D eigenvalue weighted by Crippen LogP contribution is 2.29. The number of carbonyl (C=O) groups excluding carboxylic acids is 2. The molecule has 0 aromatic heterocycles. The Balaban J connectivity index is 1.65. The summed E-state index contributed by atoms with van der Waals surface area (Å²) in [7, 11) is 0. The predicted octanol–water partition coefficient (Wildman–Crippen LogP) is 4.65. The molecular weight excluding hydrogens is 416 g/mol. The summed E-state index contributed by atoms with van der Waals surface area (Å²) in [6, 6.07) is 20.8. The van der Waals surface area contributed by atoms with Gasteiger partial charge in [0.25, 0.3) is 0 Å². The van der Waals surface area contributed by atoms with Crippen molar-refractivity contribution in [1.29, 1.82) is 0 Å². The molecule has 0 aliphatic rings. The van der Waals surface area contributed by atoms with Crippen molar-refractivity contribution in [3.8, 4) is 11.5 Å². The third-order valence-electron chi connectivity index (χ3n) is 4.16. The standard InChI is InChI=1S/C24H21ClN2O4/c1-2-30-22-14-18(16-26-27-23(28)15-17-6-4-3-5-7-17)8-13-21(22)31-24(29)19-9-11-20(25)12-10-19/h3-14,16H,2,15H2,1H3,(H,27,28)/b26-16+. The first kappa shape index (κ1) is 22.1. The molecule has 0 heterocycles. The summed E-state index contributed by atoms with van der Waals surface area (Å²) in [5.74, 6) is -0.0651. The van der Waals surface area contributed by atoms with Crippen LogP contribution >= 0.6 is 11.6 Å². The van der Waals surface area contributed by atoms with Crippen LogP contribution in [-0.2, 0) is 11.2 Å². The van der Waals surface area contributed by atoms with Gasteiger partial charge >= 0.3 is 5.97 Å². The lowest BCUT2D eigenvalue weighted by Crippen LogP contribution is -2.19. The first-order chi connectivity index (χ1) is 15.0. The van der Waals surface area contributed by atoms with Crippen LogP contribution in [-0.4, -0.2) is 24.7 Å². The van der Waals surface area contributed by atoms with Crippen LogP contribution in [0, 0.1) is 0 Å². The van der Waals surface area contributed by atoms with Gasteiger partial charge in [0.1, 0.15) is 0 Å². The van der Waals surface area contributed by atoms with Crippen molar-refractivity contribution in [2.24, 2.45) is 5.10 Å². The molecule has 0 atom stereocenters. The van der Waals surface area contributed by atoms with Crippen molar-refractivity contribution in [2.45, 2.75) is 13.3 Å². The molecule has 0 saturated carbocycles.